The van der Waals surface area contributed by atoms with Crippen molar-refractivity contribution in [1.29, 1.82) is 0 Å². The first kappa shape index (κ1) is 40.3. The van der Waals surface area contributed by atoms with Crippen LogP contribution in [0.3, 0.4) is 0 Å². The number of unbranched alkanes of at least 4 members (excludes halogenated alkanes) is 2. The summed E-state index contributed by atoms with van der Waals surface area (Å²) in [5.74, 6) is 1.58. The molecular formula is C44H58S6Sn2. The Hall–Kier alpha value is 0.0574. The van der Waals surface area contributed by atoms with Gasteiger partial charge in [0.25, 0.3) is 0 Å². The molecule has 0 amide bonds. The van der Waals surface area contributed by atoms with Gasteiger partial charge in [0.15, 0.2) is 0 Å². The number of hydrogen-bond donors (Lipinski definition) is 0. The summed E-state index contributed by atoms with van der Waals surface area (Å²) < 4.78 is 12.7. The fourth-order valence-corrected chi connectivity index (χ4v) is 26.6. The average Bonchev–Trinajstić information content (AvgIpc) is 3.93. The molecule has 0 radical (unpaired) electrons. The van der Waals surface area contributed by atoms with E-state index in [2.05, 4.69) is 162 Å². The molecule has 2 unspecified atom stereocenters. The molecule has 8 heteroatoms. The second-order valence-corrected chi connectivity index (χ2v) is 54.6. The Morgan fingerprint density at radius 3 is 1.25 bits per heavy atom. The monoisotopic (exact) mass is 1020 g/mol. The summed E-state index contributed by atoms with van der Waals surface area (Å²) in [6.45, 7) is 9.47. The number of rotatable bonds is 16. The second-order valence-electron chi connectivity index (χ2n) is 17.2. The van der Waals surface area contributed by atoms with Crippen molar-refractivity contribution in [2.24, 2.45) is 11.8 Å². The molecule has 1 aromatic carbocycles. The van der Waals surface area contributed by atoms with E-state index < -0.39 is 36.8 Å². The van der Waals surface area contributed by atoms with Crippen molar-refractivity contribution in [3.63, 3.8) is 0 Å². The van der Waals surface area contributed by atoms with E-state index in [1.165, 1.54) is 83.4 Å². The van der Waals surface area contributed by atoms with Crippen LogP contribution in [0.4, 0.5) is 0 Å². The molecule has 7 aromatic rings. The van der Waals surface area contributed by atoms with E-state index >= 15 is 0 Å². The van der Waals surface area contributed by atoms with Crippen LogP contribution in [0.5, 0.6) is 0 Å². The van der Waals surface area contributed by atoms with Gasteiger partial charge in [0.2, 0.25) is 0 Å². The van der Waals surface area contributed by atoms with Gasteiger partial charge in [-0.25, -0.2) is 0 Å². The van der Waals surface area contributed by atoms with E-state index in [4.69, 9.17) is 0 Å². The predicted octanol–water partition coefficient (Wildman–Crippen LogP) is 16.6. The fourth-order valence-electron chi connectivity index (χ4n) is 7.72. The normalized spacial score (nSPS) is 14.2. The molecule has 7 rings (SSSR count). The van der Waals surface area contributed by atoms with E-state index in [1.54, 1.807) is 56.2 Å². The van der Waals surface area contributed by atoms with Gasteiger partial charge >= 0.3 is 323 Å². The van der Waals surface area contributed by atoms with Crippen molar-refractivity contribution in [2.75, 3.05) is 0 Å². The molecule has 2 atom stereocenters. The van der Waals surface area contributed by atoms with Crippen LogP contribution >= 0.6 is 68.0 Å². The van der Waals surface area contributed by atoms with E-state index in [1.807, 2.05) is 0 Å². The van der Waals surface area contributed by atoms with E-state index in [0.29, 0.717) is 0 Å². The molecule has 0 N–H and O–H groups in total. The molecule has 0 aliphatic heterocycles. The average molecular weight is 1020 g/mol. The number of hydrogen-bond acceptors (Lipinski definition) is 6. The molecule has 6 aromatic heterocycles. The molecule has 0 bridgehead atoms. The first-order valence-corrected chi connectivity index (χ1v) is 44.8. The molecule has 0 nitrogen and oxygen atoms in total. The Kier molecular flexibility index (Phi) is 12.8. The molecule has 0 aliphatic carbocycles. The second kappa shape index (κ2) is 16.5. The topological polar surface area (TPSA) is 0 Å². The number of fused-ring (bicyclic) bond motifs is 6. The van der Waals surface area contributed by atoms with Crippen LogP contribution in [-0.4, -0.2) is 36.8 Å². The first-order valence-electron chi connectivity index (χ1n) is 19.9. The Bertz CT molecular complexity index is 2140. The summed E-state index contributed by atoms with van der Waals surface area (Å²) in [6.07, 6.45) is 13.0. The minimum atomic E-state index is -2.27. The third kappa shape index (κ3) is 8.09. The SMILES string of the molecule is CCCCC(CC)Cc1ccc(-c2c3sc4c[c]([Sn]([CH3])([CH3])[CH3])sc4c3c(-c3ccc(CC(CC)CCCC)s3)c3sc4c[c]([Sn]([CH3])([CH3])[CH3])sc4c23)s1. The maximum absolute atomic E-state index is 2.63. The van der Waals surface area contributed by atoms with Gasteiger partial charge in [-0.2, -0.15) is 0 Å². The van der Waals surface area contributed by atoms with Crippen LogP contribution < -0.4 is 5.79 Å². The molecule has 278 valence electrons. The van der Waals surface area contributed by atoms with Gasteiger partial charge in [0, 0.05) is 0 Å². The molecule has 0 saturated carbocycles. The first-order chi connectivity index (χ1) is 24.8. The summed E-state index contributed by atoms with van der Waals surface area (Å²) >= 11 is 8.22. The van der Waals surface area contributed by atoms with Gasteiger partial charge < -0.3 is 0 Å². The van der Waals surface area contributed by atoms with Crippen molar-refractivity contribution >= 4 is 150 Å². The standard InChI is InChI=1S/C38H40S6.6CH3.2Sn/c1-5-9-11-23(7-3)21-25-13-15-27(41-25)31-33-35-29(17-19-39-35)44-38(33)32(34-36-30(18-20-40-36)43-37(31)34)28-16-14-26(42-28)22-24(8-4)12-10-6-2;;;;;;;;/h13-18,23-24H,5-12,21-22H2,1-4H3;6*1H3;;. The molecule has 0 saturated heterocycles. The molecule has 52 heavy (non-hydrogen) atoms. The van der Waals surface area contributed by atoms with E-state index in [-0.39, 0.29) is 0 Å². The summed E-state index contributed by atoms with van der Waals surface area (Å²) in [5, 5.41) is 3.13. The van der Waals surface area contributed by atoms with Crippen LogP contribution in [0.15, 0.2) is 36.4 Å². The summed E-state index contributed by atoms with van der Waals surface area (Å²) in [5.41, 5.74) is 3.10. The van der Waals surface area contributed by atoms with Gasteiger partial charge in [-0.1, -0.05) is 26.7 Å². The molecule has 0 fully saturated rings. The van der Waals surface area contributed by atoms with Crippen LogP contribution in [0, 0.1) is 11.8 Å². The van der Waals surface area contributed by atoms with Gasteiger partial charge in [0.1, 0.15) is 0 Å². The molecule has 0 aliphatic rings. The van der Waals surface area contributed by atoms with Gasteiger partial charge in [-0.05, 0) is 0 Å². The third-order valence-corrected chi connectivity index (χ3v) is 37.0. The summed E-state index contributed by atoms with van der Waals surface area (Å²) in [7, 11) is 0. The zero-order valence-corrected chi connectivity index (χ0v) is 43.7. The Balaban J connectivity index is 1.51. The van der Waals surface area contributed by atoms with Crippen molar-refractivity contribution in [3.05, 3.63) is 46.2 Å². The maximum atomic E-state index is 2.63. The third-order valence-electron chi connectivity index (χ3n) is 11.0. The Labute approximate surface area is 345 Å². The van der Waals surface area contributed by atoms with Crippen LogP contribution in [0.2, 0.25) is 29.6 Å². The minimum absolute atomic E-state index is 0.789. The molecule has 0 spiro atoms. The van der Waals surface area contributed by atoms with Crippen molar-refractivity contribution in [1.82, 2.24) is 0 Å². The van der Waals surface area contributed by atoms with Crippen LogP contribution in [-0.2, 0) is 12.8 Å². The summed E-state index contributed by atoms with van der Waals surface area (Å²) in [6, 6.07) is 15.3. The molecule has 6 heterocycles. The van der Waals surface area contributed by atoms with Crippen molar-refractivity contribution < 1.29 is 0 Å². The fraction of sp³-hybridized carbons (Fsp3) is 0.500. The van der Waals surface area contributed by atoms with Gasteiger partial charge in [-0.3, -0.25) is 0 Å². The Morgan fingerprint density at radius 1 is 0.500 bits per heavy atom. The predicted molar refractivity (Wildman–Crippen MR) is 255 cm³/mol. The zero-order chi connectivity index (χ0) is 36.9. The van der Waals surface area contributed by atoms with Gasteiger partial charge in [-0.15, -0.1) is 0 Å². The summed E-state index contributed by atoms with van der Waals surface area (Å²) in [4.78, 5) is 21.7. The molecular weight excluding hydrogens is 958 g/mol. The van der Waals surface area contributed by atoms with Crippen molar-refractivity contribution in [2.45, 2.75) is 122 Å². The Morgan fingerprint density at radius 2 is 0.904 bits per heavy atom. The number of thiophene rings is 6. The van der Waals surface area contributed by atoms with Crippen molar-refractivity contribution in [3.8, 4) is 20.9 Å². The van der Waals surface area contributed by atoms with Gasteiger partial charge in [0.05, 0.1) is 0 Å². The van der Waals surface area contributed by atoms with E-state index in [0.717, 1.165) is 11.8 Å². The zero-order valence-electron chi connectivity index (χ0n) is 33.1. The quantitative estimate of drug-likeness (QED) is 0.0847. The van der Waals surface area contributed by atoms with Crippen LogP contribution in [0.25, 0.3) is 59.9 Å². The van der Waals surface area contributed by atoms with E-state index in [9.17, 15) is 0 Å². The number of benzene rings is 1. The van der Waals surface area contributed by atoms with Crippen LogP contribution in [0.1, 0.15) is 88.8 Å².